The summed E-state index contributed by atoms with van der Waals surface area (Å²) in [5.41, 5.74) is 5.89. The van der Waals surface area contributed by atoms with Crippen molar-refractivity contribution in [2.75, 3.05) is 0 Å². The molecule has 1 aromatic rings. The zero-order chi connectivity index (χ0) is 9.14. The van der Waals surface area contributed by atoms with E-state index in [1.165, 1.54) is 18.2 Å². The maximum atomic E-state index is 12.6. The van der Waals surface area contributed by atoms with Crippen LogP contribution in [0.5, 0.6) is 0 Å². The average Bonchev–Trinajstić information content (AvgIpc) is 2.08. The van der Waals surface area contributed by atoms with Crippen molar-refractivity contribution < 1.29 is 4.39 Å². The minimum absolute atomic E-state index is 0.0156. The van der Waals surface area contributed by atoms with E-state index in [9.17, 15) is 4.39 Å². The van der Waals surface area contributed by atoms with Crippen LogP contribution >= 0.6 is 11.6 Å². The molecule has 0 spiro atoms. The molecule has 1 atom stereocenters. The van der Waals surface area contributed by atoms with Crippen molar-refractivity contribution in [2.45, 2.75) is 6.04 Å². The van der Waals surface area contributed by atoms with Crippen molar-refractivity contribution in [1.29, 1.82) is 5.26 Å². The van der Waals surface area contributed by atoms with Crippen molar-refractivity contribution >= 4 is 11.6 Å². The van der Waals surface area contributed by atoms with Gasteiger partial charge in [0.15, 0.2) is 0 Å². The van der Waals surface area contributed by atoms with Crippen LogP contribution in [0.3, 0.4) is 0 Å². The predicted molar refractivity (Wildman–Crippen MR) is 44.0 cm³/mol. The molecule has 0 saturated heterocycles. The largest absolute Gasteiger partial charge is 0.312 e. The van der Waals surface area contributed by atoms with E-state index >= 15 is 0 Å². The lowest BCUT2D eigenvalue weighted by Gasteiger charge is -2.02. The summed E-state index contributed by atoms with van der Waals surface area (Å²) in [6.45, 7) is 0. The molecule has 12 heavy (non-hydrogen) atoms. The van der Waals surface area contributed by atoms with Gasteiger partial charge in [-0.2, -0.15) is 5.26 Å². The van der Waals surface area contributed by atoms with Crippen molar-refractivity contribution in [2.24, 2.45) is 5.73 Å². The minimum Gasteiger partial charge on any atom is -0.312 e. The number of nitrogens with zero attached hydrogens (tertiary/aromatic N) is 1. The Hall–Kier alpha value is -1.11. The maximum absolute atomic E-state index is 12.6. The summed E-state index contributed by atoms with van der Waals surface area (Å²) in [6.07, 6.45) is 0. The van der Waals surface area contributed by atoms with Gasteiger partial charge in [-0.1, -0.05) is 17.7 Å². The Morgan fingerprint density at radius 2 is 2.25 bits per heavy atom. The predicted octanol–water partition coefficient (Wildman–Crippen LogP) is 2.00. The Balaban J connectivity index is 3.06. The third-order valence-electron chi connectivity index (χ3n) is 1.44. The van der Waals surface area contributed by atoms with Gasteiger partial charge in [-0.15, -0.1) is 0 Å². The molecule has 0 amide bonds. The van der Waals surface area contributed by atoms with E-state index in [0.29, 0.717) is 5.56 Å². The van der Waals surface area contributed by atoms with Gasteiger partial charge >= 0.3 is 0 Å². The second-order valence-corrected chi connectivity index (χ2v) is 2.69. The molecule has 0 radical (unpaired) electrons. The summed E-state index contributed by atoms with van der Waals surface area (Å²) < 4.78 is 12.6. The first-order chi connectivity index (χ1) is 5.65. The normalized spacial score (nSPS) is 12.2. The molecule has 0 heterocycles. The SMILES string of the molecule is N#CC(N)c1ccc(F)c(Cl)c1. The first kappa shape index (κ1) is 8.98. The molecule has 62 valence electrons. The number of rotatable bonds is 1. The molecule has 1 unspecified atom stereocenters. The third-order valence-corrected chi connectivity index (χ3v) is 1.73. The molecule has 0 fully saturated rings. The smallest absolute Gasteiger partial charge is 0.141 e. The first-order valence-corrected chi connectivity index (χ1v) is 3.63. The molecule has 0 bridgehead atoms. The quantitative estimate of drug-likeness (QED) is 0.726. The summed E-state index contributed by atoms with van der Waals surface area (Å²) >= 11 is 5.47. The van der Waals surface area contributed by atoms with Crippen LogP contribution in [0.15, 0.2) is 18.2 Å². The second kappa shape index (κ2) is 3.53. The van der Waals surface area contributed by atoms with E-state index in [-0.39, 0.29) is 5.02 Å². The highest BCUT2D eigenvalue weighted by atomic mass is 35.5. The van der Waals surface area contributed by atoms with E-state index in [4.69, 9.17) is 22.6 Å². The van der Waals surface area contributed by atoms with E-state index in [1.54, 1.807) is 0 Å². The van der Waals surface area contributed by atoms with Gasteiger partial charge < -0.3 is 5.73 Å². The fraction of sp³-hybridized carbons (Fsp3) is 0.125. The van der Waals surface area contributed by atoms with Crippen LogP contribution in [0.1, 0.15) is 11.6 Å². The van der Waals surface area contributed by atoms with Gasteiger partial charge in [-0.3, -0.25) is 0 Å². The highest BCUT2D eigenvalue weighted by molar-refractivity contribution is 6.30. The number of hydrogen-bond donors (Lipinski definition) is 1. The fourth-order valence-corrected chi connectivity index (χ4v) is 0.969. The van der Waals surface area contributed by atoms with Crippen LogP contribution in [0, 0.1) is 17.1 Å². The Kier molecular flexibility index (Phi) is 2.64. The average molecular weight is 185 g/mol. The standard InChI is InChI=1S/C8H6ClFN2/c9-6-3-5(8(12)4-11)1-2-7(6)10/h1-3,8H,12H2. The van der Waals surface area contributed by atoms with Crippen LogP contribution in [0.25, 0.3) is 0 Å². The first-order valence-electron chi connectivity index (χ1n) is 3.25. The number of nitriles is 1. The van der Waals surface area contributed by atoms with Gasteiger partial charge in [0.1, 0.15) is 11.9 Å². The van der Waals surface area contributed by atoms with Crippen molar-refractivity contribution in [3.8, 4) is 6.07 Å². The number of halogens is 2. The highest BCUT2D eigenvalue weighted by Crippen LogP contribution is 2.19. The van der Waals surface area contributed by atoms with Gasteiger partial charge in [-0.25, -0.2) is 4.39 Å². The Morgan fingerprint density at radius 1 is 1.58 bits per heavy atom. The highest BCUT2D eigenvalue weighted by Gasteiger charge is 2.06. The number of nitrogens with two attached hydrogens (primary N) is 1. The van der Waals surface area contributed by atoms with Crippen molar-refractivity contribution in [3.63, 3.8) is 0 Å². The lowest BCUT2D eigenvalue weighted by atomic mass is 10.1. The molecule has 4 heteroatoms. The molecule has 0 aliphatic carbocycles. The monoisotopic (exact) mass is 184 g/mol. The summed E-state index contributed by atoms with van der Waals surface area (Å²) in [4.78, 5) is 0. The Morgan fingerprint density at radius 3 is 2.75 bits per heavy atom. The third kappa shape index (κ3) is 1.73. The number of hydrogen-bond acceptors (Lipinski definition) is 2. The molecule has 0 aromatic heterocycles. The summed E-state index contributed by atoms with van der Waals surface area (Å²) in [6, 6.07) is 5.06. The van der Waals surface area contributed by atoms with E-state index in [1.807, 2.05) is 6.07 Å². The molecule has 1 aromatic carbocycles. The van der Waals surface area contributed by atoms with Crippen molar-refractivity contribution in [3.05, 3.63) is 34.6 Å². The summed E-state index contributed by atoms with van der Waals surface area (Å²) in [7, 11) is 0. The molecule has 1 rings (SSSR count). The van der Waals surface area contributed by atoms with E-state index in [0.717, 1.165) is 0 Å². The van der Waals surface area contributed by atoms with Gasteiger partial charge in [0.2, 0.25) is 0 Å². The summed E-state index contributed by atoms with van der Waals surface area (Å²) in [5.74, 6) is -0.509. The van der Waals surface area contributed by atoms with E-state index < -0.39 is 11.9 Å². The molecule has 2 N–H and O–H groups in total. The Labute approximate surface area is 74.4 Å². The molecule has 0 aliphatic rings. The van der Waals surface area contributed by atoms with Crippen LogP contribution < -0.4 is 5.73 Å². The van der Waals surface area contributed by atoms with Gasteiger partial charge in [0.05, 0.1) is 11.1 Å². The topological polar surface area (TPSA) is 49.8 Å². The molecular formula is C8H6ClFN2. The molecule has 0 aliphatic heterocycles. The summed E-state index contributed by atoms with van der Waals surface area (Å²) in [5, 5.41) is 8.42. The second-order valence-electron chi connectivity index (χ2n) is 2.28. The number of benzene rings is 1. The molecule has 0 saturated carbocycles. The van der Waals surface area contributed by atoms with Crippen molar-refractivity contribution in [1.82, 2.24) is 0 Å². The zero-order valence-corrected chi connectivity index (χ0v) is 6.85. The van der Waals surface area contributed by atoms with Crippen LogP contribution in [-0.4, -0.2) is 0 Å². The zero-order valence-electron chi connectivity index (χ0n) is 6.09. The van der Waals surface area contributed by atoms with Gasteiger partial charge in [0, 0.05) is 0 Å². The maximum Gasteiger partial charge on any atom is 0.141 e. The van der Waals surface area contributed by atoms with Crippen LogP contribution in [0.2, 0.25) is 5.02 Å². The van der Waals surface area contributed by atoms with E-state index in [2.05, 4.69) is 0 Å². The van der Waals surface area contributed by atoms with Crippen LogP contribution in [-0.2, 0) is 0 Å². The van der Waals surface area contributed by atoms with Gasteiger partial charge in [-0.05, 0) is 17.7 Å². The minimum atomic E-state index is -0.747. The van der Waals surface area contributed by atoms with Crippen LogP contribution in [0.4, 0.5) is 4.39 Å². The molecular weight excluding hydrogens is 179 g/mol. The van der Waals surface area contributed by atoms with Gasteiger partial charge in [0.25, 0.3) is 0 Å². The fourth-order valence-electron chi connectivity index (χ4n) is 0.780. The Bertz CT molecular complexity index is 332. The molecule has 2 nitrogen and oxygen atoms in total. The lowest BCUT2D eigenvalue weighted by Crippen LogP contribution is -2.06. The lowest BCUT2D eigenvalue weighted by molar-refractivity contribution is 0.627.